The van der Waals surface area contributed by atoms with Crippen LogP contribution in [0.25, 0.3) is 0 Å². The van der Waals surface area contributed by atoms with E-state index in [0.717, 1.165) is 0 Å². The summed E-state index contributed by atoms with van der Waals surface area (Å²) in [5.41, 5.74) is 0.810. The van der Waals surface area contributed by atoms with Crippen molar-refractivity contribution in [2.75, 3.05) is 33.0 Å². The molecule has 3 aliphatic rings. The number of ether oxygens (including phenoxy) is 3. The molecule has 0 aliphatic heterocycles. The number of ketones is 2. The lowest BCUT2D eigenvalue weighted by atomic mass is 9.52. The van der Waals surface area contributed by atoms with Crippen LogP contribution in [-0.2, 0) is 33.4 Å². The molecule has 0 heterocycles. The van der Waals surface area contributed by atoms with Crippen LogP contribution in [0.1, 0.15) is 72.1 Å². The fraction of sp³-hybridized carbons (Fsp3) is 0.742. The van der Waals surface area contributed by atoms with Crippen molar-refractivity contribution >= 4 is 23.5 Å². The molecule has 2 saturated carbocycles. The lowest BCUT2D eigenvalue weighted by Gasteiger charge is -2.55. The maximum atomic E-state index is 17.5. The number of aliphatic hydroxyl groups excluding tert-OH is 1. The van der Waals surface area contributed by atoms with Gasteiger partial charge in [0.1, 0.15) is 12.2 Å². The summed E-state index contributed by atoms with van der Waals surface area (Å²) in [6.45, 7) is 5.53. The van der Waals surface area contributed by atoms with Gasteiger partial charge in [-0.3, -0.25) is 19.2 Å². The van der Waals surface area contributed by atoms with Gasteiger partial charge < -0.3 is 30.2 Å². The normalized spacial score (nSPS) is 33.1. The van der Waals surface area contributed by atoms with Gasteiger partial charge in [0.05, 0.1) is 32.2 Å². The predicted molar refractivity (Wildman–Crippen MR) is 151 cm³/mol. The molecule has 2 fully saturated rings. The Bertz CT molecular complexity index is 1080. The van der Waals surface area contributed by atoms with E-state index in [-0.39, 0.29) is 44.7 Å². The zero-order chi connectivity index (χ0) is 31.1. The van der Waals surface area contributed by atoms with Crippen LogP contribution in [-0.4, -0.2) is 84.1 Å². The highest BCUT2D eigenvalue weighted by Gasteiger charge is 2.65. The molecule has 0 unspecified atom stereocenters. The Morgan fingerprint density at radius 1 is 1.17 bits per heavy atom. The molecular weight excluding hydrogens is 549 g/mol. The summed E-state index contributed by atoms with van der Waals surface area (Å²) in [5, 5.41) is 22.7. The van der Waals surface area contributed by atoms with Crippen LogP contribution in [0.5, 0.6) is 0 Å². The first kappa shape index (κ1) is 34.0. The summed E-state index contributed by atoms with van der Waals surface area (Å²) < 4.78 is 32.6. The predicted octanol–water partition coefficient (Wildman–Crippen LogP) is 2.53. The molecule has 0 amide bonds. The number of halogens is 1. The Hall–Kier alpha value is -2.47. The number of hydrogen-bond acceptors (Lipinski definition) is 10. The van der Waals surface area contributed by atoms with Crippen LogP contribution in [0, 0.1) is 23.2 Å². The smallest absolute Gasteiger partial charge is 0.306 e. The van der Waals surface area contributed by atoms with Gasteiger partial charge in [0.25, 0.3) is 0 Å². The molecule has 0 aromatic heterocycles. The first-order valence-corrected chi connectivity index (χ1v) is 15.0. The molecule has 7 atom stereocenters. The van der Waals surface area contributed by atoms with Gasteiger partial charge in [-0.25, -0.2) is 4.39 Å². The van der Waals surface area contributed by atoms with E-state index in [0.29, 0.717) is 44.4 Å². The molecule has 11 heteroatoms. The van der Waals surface area contributed by atoms with Crippen LogP contribution in [0.15, 0.2) is 23.8 Å². The molecule has 0 radical (unpaired) electrons. The van der Waals surface area contributed by atoms with Crippen molar-refractivity contribution in [2.24, 2.45) is 28.9 Å². The van der Waals surface area contributed by atoms with Gasteiger partial charge in [0, 0.05) is 12.0 Å². The lowest BCUT2D eigenvalue weighted by molar-refractivity contribution is -0.158. The number of alkyl halides is 1. The maximum absolute atomic E-state index is 17.5. The largest absolute Gasteiger partial charge is 0.463 e. The number of esters is 2. The quantitative estimate of drug-likeness (QED) is 0.189. The molecule has 3 rings (SSSR count). The molecule has 0 aromatic rings. The molecule has 0 aromatic carbocycles. The standard InChI is InChI=1S/C31H46FNO9/c1-4-5-25(35)31(32)24(7-6-22-17-23(34)10-11-29(22,31)3)21-16-20(2)30(39,18-21)26(36)19-42-28(38)9-8-27(37)41-15-14-40-13-12-33/h10-11,17,20-21,24-25,35,39H,4-9,12-16,18-19,33H2,1-3H3/t20-,21-,24+,25+,29+,30+,31+/m1/s1. The van der Waals surface area contributed by atoms with Crippen molar-refractivity contribution in [3.8, 4) is 0 Å². The third-order valence-electron chi connectivity index (χ3n) is 9.42. The van der Waals surface area contributed by atoms with Crippen LogP contribution in [0.3, 0.4) is 0 Å². The molecule has 42 heavy (non-hydrogen) atoms. The second kappa shape index (κ2) is 14.3. The van der Waals surface area contributed by atoms with Crippen LogP contribution in [0.2, 0.25) is 0 Å². The third-order valence-corrected chi connectivity index (χ3v) is 9.42. The molecule has 0 spiro atoms. The van der Waals surface area contributed by atoms with Gasteiger partial charge in [0.15, 0.2) is 18.1 Å². The van der Waals surface area contributed by atoms with E-state index in [1.165, 1.54) is 12.2 Å². The van der Waals surface area contributed by atoms with Gasteiger partial charge in [-0.2, -0.15) is 0 Å². The van der Waals surface area contributed by atoms with Gasteiger partial charge >= 0.3 is 11.9 Å². The maximum Gasteiger partial charge on any atom is 0.306 e. The Balaban J connectivity index is 1.63. The van der Waals surface area contributed by atoms with Crippen molar-refractivity contribution in [3.63, 3.8) is 0 Å². The van der Waals surface area contributed by atoms with E-state index in [1.807, 2.05) is 6.92 Å². The van der Waals surface area contributed by atoms with E-state index in [2.05, 4.69) is 0 Å². The fourth-order valence-electron chi connectivity index (χ4n) is 7.04. The number of allylic oxidation sites excluding steroid dienone is 4. The SMILES string of the molecule is CCC[C@H](O)[C@@]1(F)[C@H]([C@@H]2C[C@@H](C)[C@](O)(C(=O)COC(=O)CCC(=O)OCCOCCN)C2)CCC2=CC(=O)C=C[C@@]21C. The minimum atomic E-state index is -2.11. The number of nitrogens with two attached hydrogens (primary N) is 1. The van der Waals surface area contributed by atoms with Gasteiger partial charge in [0.2, 0.25) is 5.78 Å². The van der Waals surface area contributed by atoms with Crippen molar-refractivity contribution in [2.45, 2.75) is 89.5 Å². The number of carbonyl (C=O) groups excluding carboxylic acids is 4. The van der Waals surface area contributed by atoms with Crippen molar-refractivity contribution in [1.29, 1.82) is 0 Å². The average Bonchev–Trinajstić information content (AvgIpc) is 3.26. The van der Waals surface area contributed by atoms with E-state index < -0.39 is 64.9 Å². The first-order chi connectivity index (χ1) is 19.8. The Morgan fingerprint density at radius 2 is 1.86 bits per heavy atom. The third kappa shape index (κ3) is 7.01. The zero-order valence-corrected chi connectivity index (χ0v) is 24.9. The van der Waals surface area contributed by atoms with Crippen LogP contribution >= 0.6 is 0 Å². The van der Waals surface area contributed by atoms with Gasteiger partial charge in [-0.1, -0.05) is 31.9 Å². The van der Waals surface area contributed by atoms with Crippen molar-refractivity contribution < 1.29 is 48.0 Å². The Morgan fingerprint density at radius 3 is 2.52 bits per heavy atom. The second-order valence-corrected chi connectivity index (χ2v) is 12.1. The monoisotopic (exact) mass is 595 g/mol. The van der Waals surface area contributed by atoms with E-state index in [1.54, 1.807) is 19.9 Å². The summed E-state index contributed by atoms with van der Waals surface area (Å²) >= 11 is 0. The van der Waals surface area contributed by atoms with Gasteiger partial charge in [-0.15, -0.1) is 0 Å². The number of fused-ring (bicyclic) bond motifs is 1. The second-order valence-electron chi connectivity index (χ2n) is 12.1. The lowest BCUT2D eigenvalue weighted by Crippen LogP contribution is -2.61. The van der Waals surface area contributed by atoms with Crippen molar-refractivity contribution in [1.82, 2.24) is 0 Å². The zero-order valence-electron chi connectivity index (χ0n) is 24.9. The van der Waals surface area contributed by atoms with Gasteiger partial charge in [-0.05, 0) is 68.9 Å². The summed E-state index contributed by atoms with van der Waals surface area (Å²) in [4.78, 5) is 49.2. The summed E-state index contributed by atoms with van der Waals surface area (Å²) in [5.74, 6) is -3.92. The highest BCUT2D eigenvalue weighted by molar-refractivity contribution is 6.01. The average molecular weight is 596 g/mol. The number of Topliss-reactive ketones (excluding diaryl/α,β-unsaturated/α-hetero) is 1. The molecule has 0 bridgehead atoms. The van der Waals surface area contributed by atoms with E-state index in [4.69, 9.17) is 19.9 Å². The van der Waals surface area contributed by atoms with E-state index in [9.17, 15) is 29.4 Å². The van der Waals surface area contributed by atoms with E-state index >= 15 is 4.39 Å². The summed E-state index contributed by atoms with van der Waals surface area (Å²) in [7, 11) is 0. The minimum Gasteiger partial charge on any atom is -0.463 e. The number of hydrogen-bond donors (Lipinski definition) is 3. The summed E-state index contributed by atoms with van der Waals surface area (Å²) in [6, 6.07) is 0. The molecule has 3 aliphatic carbocycles. The minimum absolute atomic E-state index is 0.0280. The highest BCUT2D eigenvalue weighted by Crippen LogP contribution is 2.61. The molecule has 4 N–H and O–H groups in total. The Labute approximate surface area is 246 Å². The number of aliphatic hydroxyl groups is 2. The first-order valence-electron chi connectivity index (χ1n) is 15.0. The molecular formula is C31H46FNO9. The summed E-state index contributed by atoms with van der Waals surface area (Å²) in [6.07, 6.45) is 4.50. The van der Waals surface area contributed by atoms with Crippen LogP contribution in [0.4, 0.5) is 4.39 Å². The van der Waals surface area contributed by atoms with Crippen LogP contribution < -0.4 is 5.73 Å². The fourth-order valence-corrected chi connectivity index (χ4v) is 7.04. The molecule has 236 valence electrons. The molecule has 0 saturated heterocycles. The number of carbonyl (C=O) groups is 4. The topological polar surface area (TPSA) is 162 Å². The number of rotatable bonds is 15. The highest BCUT2D eigenvalue weighted by atomic mass is 19.1. The Kier molecular flexibility index (Phi) is 11.6. The van der Waals surface area contributed by atoms with Crippen molar-refractivity contribution in [3.05, 3.63) is 23.8 Å². The molecule has 10 nitrogen and oxygen atoms in total.